The van der Waals surface area contributed by atoms with Crippen molar-refractivity contribution in [2.45, 2.75) is 57.0 Å². The molecule has 2 amide bonds. The van der Waals surface area contributed by atoms with Crippen LogP contribution in [0.3, 0.4) is 0 Å². The molecule has 2 aromatic rings. The summed E-state index contributed by atoms with van der Waals surface area (Å²) in [6.07, 6.45) is 0.715. The summed E-state index contributed by atoms with van der Waals surface area (Å²) in [6.45, 7) is -0.844. The van der Waals surface area contributed by atoms with Gasteiger partial charge in [-0.3, -0.25) is 14.6 Å². The van der Waals surface area contributed by atoms with Crippen molar-refractivity contribution in [1.82, 2.24) is 14.9 Å². The fourth-order valence-electron chi connectivity index (χ4n) is 4.69. The summed E-state index contributed by atoms with van der Waals surface area (Å²) in [6, 6.07) is 2.52. The van der Waals surface area contributed by atoms with E-state index in [-0.39, 0.29) is 35.1 Å². The van der Waals surface area contributed by atoms with Gasteiger partial charge in [-0.25, -0.2) is 4.98 Å². The van der Waals surface area contributed by atoms with E-state index < -0.39 is 42.3 Å². The van der Waals surface area contributed by atoms with E-state index in [4.69, 9.17) is 5.11 Å². The van der Waals surface area contributed by atoms with E-state index in [0.717, 1.165) is 31.7 Å². The van der Waals surface area contributed by atoms with Gasteiger partial charge in [0.05, 0.1) is 30.3 Å². The summed E-state index contributed by atoms with van der Waals surface area (Å²) in [7, 11) is 0. The zero-order valence-corrected chi connectivity index (χ0v) is 18.3. The van der Waals surface area contributed by atoms with Crippen molar-refractivity contribution in [1.29, 1.82) is 0 Å². The second-order valence-electron chi connectivity index (χ2n) is 8.68. The lowest BCUT2D eigenvalue weighted by molar-refractivity contribution is -0.138. The molecule has 8 nitrogen and oxygen atoms in total. The number of amides is 2. The number of anilines is 1. The monoisotopic (exact) mass is 478 g/mol. The Morgan fingerprint density at radius 1 is 1.21 bits per heavy atom. The number of hydrogen-bond acceptors (Lipinski definition) is 6. The van der Waals surface area contributed by atoms with Crippen LogP contribution in [0, 0.1) is 5.92 Å². The summed E-state index contributed by atoms with van der Waals surface area (Å²) in [5.74, 6) is -0.920. The van der Waals surface area contributed by atoms with E-state index in [1.807, 2.05) is 0 Å². The van der Waals surface area contributed by atoms with Gasteiger partial charge in [0, 0.05) is 12.1 Å². The molecule has 4 rings (SSSR count). The third kappa shape index (κ3) is 4.90. The minimum Gasteiger partial charge on any atom is -0.393 e. The highest BCUT2D eigenvalue weighted by Crippen LogP contribution is 2.39. The van der Waals surface area contributed by atoms with Crippen LogP contribution < -0.4 is 5.32 Å². The van der Waals surface area contributed by atoms with E-state index in [1.165, 1.54) is 29.4 Å². The number of benzene rings is 1. The minimum absolute atomic E-state index is 0.0406. The van der Waals surface area contributed by atoms with Crippen molar-refractivity contribution in [3.05, 3.63) is 53.0 Å². The highest BCUT2D eigenvalue weighted by molar-refractivity contribution is 6.03. The van der Waals surface area contributed by atoms with E-state index >= 15 is 0 Å². The van der Waals surface area contributed by atoms with Crippen molar-refractivity contribution in [2.24, 2.45) is 5.92 Å². The molecule has 1 fully saturated rings. The molecule has 1 aliphatic carbocycles. The van der Waals surface area contributed by atoms with Crippen LogP contribution >= 0.6 is 0 Å². The number of nitrogens with one attached hydrogen (secondary N) is 1. The van der Waals surface area contributed by atoms with Gasteiger partial charge in [-0.15, -0.1) is 0 Å². The Labute approximate surface area is 193 Å². The van der Waals surface area contributed by atoms with Crippen molar-refractivity contribution >= 4 is 17.6 Å². The second kappa shape index (κ2) is 9.67. The highest BCUT2D eigenvalue weighted by atomic mass is 19.4. The fourth-order valence-corrected chi connectivity index (χ4v) is 4.69. The molecule has 2 atom stereocenters. The van der Waals surface area contributed by atoms with Crippen molar-refractivity contribution in [2.75, 3.05) is 11.9 Å². The number of nitrogens with zero attached hydrogens (tertiary/aromatic N) is 3. The minimum atomic E-state index is -4.61. The van der Waals surface area contributed by atoms with Crippen LogP contribution in [0.4, 0.5) is 19.0 Å². The number of aliphatic hydroxyl groups excluding tert-OH is 2. The molecule has 2 aliphatic rings. The SMILES string of the molecule is O=C(Nc1cnc([C@H](O)CO)cn1)[C@H](CC1CCCC1)N1Cc2c(cccc2C(F)(F)F)C1=O. The molecule has 1 aromatic heterocycles. The number of aliphatic hydroxyl groups is 2. The summed E-state index contributed by atoms with van der Waals surface area (Å²) < 4.78 is 40.6. The Balaban J connectivity index is 1.59. The lowest BCUT2D eigenvalue weighted by Gasteiger charge is -2.29. The largest absolute Gasteiger partial charge is 0.416 e. The lowest BCUT2D eigenvalue weighted by atomic mass is 9.96. The zero-order chi connectivity index (χ0) is 24.5. The average Bonchev–Trinajstić information content (AvgIpc) is 3.44. The van der Waals surface area contributed by atoms with E-state index in [0.29, 0.717) is 6.42 Å². The molecular weight excluding hydrogens is 453 g/mol. The first-order valence-electron chi connectivity index (χ1n) is 11.1. The molecule has 182 valence electrons. The van der Waals surface area contributed by atoms with Gasteiger partial charge in [0.25, 0.3) is 5.91 Å². The number of carbonyl (C=O) groups is 2. The summed E-state index contributed by atoms with van der Waals surface area (Å²) in [4.78, 5) is 35.5. The molecule has 3 N–H and O–H groups in total. The van der Waals surface area contributed by atoms with Gasteiger partial charge in [-0.05, 0) is 30.0 Å². The molecule has 34 heavy (non-hydrogen) atoms. The fraction of sp³-hybridized carbons (Fsp3) is 0.478. The highest BCUT2D eigenvalue weighted by Gasteiger charge is 2.43. The third-order valence-electron chi connectivity index (χ3n) is 6.45. The van der Waals surface area contributed by atoms with Crippen LogP contribution in [0.5, 0.6) is 0 Å². The molecule has 0 bridgehead atoms. The number of carbonyl (C=O) groups excluding carboxylic acids is 2. The first-order chi connectivity index (χ1) is 16.2. The van der Waals surface area contributed by atoms with Gasteiger partial charge in [-0.1, -0.05) is 31.7 Å². The van der Waals surface area contributed by atoms with Crippen LogP contribution in [0.1, 0.15) is 65.4 Å². The number of halogens is 3. The normalized spacial score (nSPS) is 18.1. The van der Waals surface area contributed by atoms with Crippen LogP contribution in [0.15, 0.2) is 30.6 Å². The van der Waals surface area contributed by atoms with E-state index in [1.54, 1.807) is 0 Å². The topological polar surface area (TPSA) is 116 Å². The maximum absolute atomic E-state index is 13.5. The number of rotatable bonds is 7. The van der Waals surface area contributed by atoms with E-state index in [9.17, 15) is 27.9 Å². The Bertz CT molecular complexity index is 1060. The van der Waals surface area contributed by atoms with Gasteiger partial charge >= 0.3 is 6.18 Å². The Hall–Kier alpha value is -3.05. The van der Waals surface area contributed by atoms with Gasteiger partial charge in [0.2, 0.25) is 5.91 Å². The zero-order valence-electron chi connectivity index (χ0n) is 18.3. The molecule has 1 saturated carbocycles. The Morgan fingerprint density at radius 3 is 2.56 bits per heavy atom. The quantitative estimate of drug-likeness (QED) is 0.564. The van der Waals surface area contributed by atoms with E-state index in [2.05, 4.69) is 15.3 Å². The molecule has 1 aliphatic heterocycles. The first-order valence-corrected chi connectivity index (χ1v) is 11.1. The molecule has 11 heteroatoms. The Morgan fingerprint density at radius 2 is 1.94 bits per heavy atom. The summed E-state index contributed by atoms with van der Waals surface area (Å²) in [5.41, 5.74) is -0.912. The molecule has 0 saturated heterocycles. The van der Waals surface area contributed by atoms with Crippen molar-refractivity contribution in [3.63, 3.8) is 0 Å². The van der Waals surface area contributed by atoms with Crippen LogP contribution in [-0.2, 0) is 17.5 Å². The molecule has 2 heterocycles. The standard InChI is InChI=1S/C23H25F3N4O4/c24-23(25,26)16-7-3-6-14-15(16)11-30(22(14)34)18(8-13-4-1-2-5-13)21(33)29-20-10-27-17(9-28-20)19(32)12-31/h3,6-7,9-10,13,18-19,31-32H,1-2,4-5,8,11-12H2,(H,28,29,33)/t18-,19+/m0/s1. The molecule has 0 spiro atoms. The molecular formula is C23H25F3N4O4. The van der Waals surface area contributed by atoms with Crippen molar-refractivity contribution < 1.29 is 33.0 Å². The number of alkyl halides is 3. The molecule has 0 radical (unpaired) electrons. The predicted molar refractivity (Wildman–Crippen MR) is 114 cm³/mol. The summed E-state index contributed by atoms with van der Waals surface area (Å²) in [5, 5.41) is 21.2. The van der Waals surface area contributed by atoms with Crippen molar-refractivity contribution in [3.8, 4) is 0 Å². The number of hydrogen-bond donors (Lipinski definition) is 3. The number of aromatic nitrogens is 2. The first kappa shape index (κ1) is 24.1. The smallest absolute Gasteiger partial charge is 0.393 e. The lowest BCUT2D eigenvalue weighted by Crippen LogP contribution is -2.45. The van der Waals surface area contributed by atoms with Crippen LogP contribution in [0.25, 0.3) is 0 Å². The third-order valence-corrected chi connectivity index (χ3v) is 6.45. The second-order valence-corrected chi connectivity index (χ2v) is 8.68. The van der Waals surface area contributed by atoms with Crippen LogP contribution in [-0.4, -0.2) is 49.5 Å². The maximum Gasteiger partial charge on any atom is 0.416 e. The van der Waals surface area contributed by atoms with Gasteiger partial charge in [-0.2, -0.15) is 13.2 Å². The van der Waals surface area contributed by atoms with Gasteiger partial charge in [0.1, 0.15) is 12.1 Å². The maximum atomic E-state index is 13.5. The number of fused-ring (bicyclic) bond motifs is 1. The van der Waals surface area contributed by atoms with Gasteiger partial charge in [0.15, 0.2) is 5.82 Å². The summed E-state index contributed by atoms with van der Waals surface area (Å²) >= 11 is 0. The van der Waals surface area contributed by atoms with Crippen LogP contribution in [0.2, 0.25) is 0 Å². The predicted octanol–water partition coefficient (Wildman–Crippen LogP) is 3.06. The molecule has 0 unspecified atom stereocenters. The molecule has 1 aromatic carbocycles. The average molecular weight is 478 g/mol. The van der Waals surface area contributed by atoms with Gasteiger partial charge < -0.3 is 20.4 Å². The Kier molecular flexibility index (Phi) is 6.85.